The van der Waals surface area contributed by atoms with E-state index in [0.29, 0.717) is 25.6 Å². The maximum atomic E-state index is 13.7. The van der Waals surface area contributed by atoms with Gasteiger partial charge in [0, 0.05) is 38.8 Å². The van der Waals surface area contributed by atoms with E-state index in [0.717, 1.165) is 43.0 Å². The van der Waals surface area contributed by atoms with Crippen LogP contribution in [0.15, 0.2) is 52.4 Å². The molecule has 0 unspecified atom stereocenters. The molecule has 1 aliphatic rings. The highest BCUT2D eigenvalue weighted by Crippen LogP contribution is 2.20. The van der Waals surface area contributed by atoms with Crippen molar-refractivity contribution in [3.8, 4) is 0 Å². The highest BCUT2D eigenvalue weighted by atomic mass is 127. The lowest BCUT2D eigenvalue weighted by Gasteiger charge is -2.25. The smallest absolute Gasteiger partial charge is 0.243 e. The maximum absolute atomic E-state index is 13.7. The predicted octanol–water partition coefficient (Wildman–Crippen LogP) is 3.62. The molecule has 6 nitrogen and oxygen atoms in total. The van der Waals surface area contributed by atoms with Gasteiger partial charge in [0.15, 0.2) is 5.96 Å². The maximum Gasteiger partial charge on any atom is 0.243 e. The molecule has 1 fully saturated rings. The Labute approximate surface area is 199 Å². The fourth-order valence-electron chi connectivity index (χ4n) is 3.30. The Balaban J connectivity index is 0.00000341. The molecule has 0 aliphatic carbocycles. The van der Waals surface area contributed by atoms with Crippen LogP contribution < -0.4 is 10.6 Å². The second kappa shape index (κ2) is 11.7. The van der Waals surface area contributed by atoms with Crippen molar-refractivity contribution in [3.05, 3.63) is 65.2 Å². The summed E-state index contributed by atoms with van der Waals surface area (Å²) in [6.07, 6.45) is 2.86. The standard InChI is InChI=1S/C21H26F2N4O2S.HI/c1-24-21(26-15-17-13-18(22)7-10-20(17)23)25-14-16-5-8-19(9-6-16)30(28,29)27-11-3-2-4-12-27;/h5-10,13H,2-4,11-12,14-15H2,1H3,(H2,24,25,26);1H. The van der Waals surface area contributed by atoms with E-state index in [1.54, 1.807) is 35.6 Å². The quantitative estimate of drug-likeness (QED) is 0.320. The van der Waals surface area contributed by atoms with E-state index in [9.17, 15) is 17.2 Å². The second-order valence-electron chi connectivity index (χ2n) is 7.12. The van der Waals surface area contributed by atoms with Crippen LogP contribution in [-0.2, 0) is 23.1 Å². The van der Waals surface area contributed by atoms with Crippen LogP contribution in [-0.4, -0.2) is 38.8 Å². The molecule has 0 atom stereocenters. The van der Waals surface area contributed by atoms with E-state index in [1.807, 2.05) is 0 Å². The SMILES string of the molecule is CN=C(NCc1ccc(S(=O)(=O)N2CCCCC2)cc1)NCc1cc(F)ccc1F.I. The molecule has 2 N–H and O–H groups in total. The molecule has 0 saturated carbocycles. The summed E-state index contributed by atoms with van der Waals surface area (Å²) in [5.74, 6) is -0.579. The largest absolute Gasteiger partial charge is 0.352 e. The van der Waals surface area contributed by atoms with Gasteiger partial charge >= 0.3 is 0 Å². The summed E-state index contributed by atoms with van der Waals surface area (Å²) in [5, 5.41) is 6.01. The normalized spacial score (nSPS) is 15.3. The van der Waals surface area contributed by atoms with Gasteiger partial charge in [0.1, 0.15) is 11.6 Å². The van der Waals surface area contributed by atoms with Gasteiger partial charge in [0.25, 0.3) is 0 Å². The van der Waals surface area contributed by atoms with Crippen molar-refractivity contribution in [1.82, 2.24) is 14.9 Å². The fraction of sp³-hybridized carbons (Fsp3) is 0.381. The highest BCUT2D eigenvalue weighted by Gasteiger charge is 2.25. The first kappa shape index (κ1) is 25.5. The molecule has 0 aromatic heterocycles. The van der Waals surface area contributed by atoms with Crippen molar-refractivity contribution in [2.24, 2.45) is 4.99 Å². The summed E-state index contributed by atoms with van der Waals surface area (Å²) in [6.45, 7) is 1.62. The minimum Gasteiger partial charge on any atom is -0.352 e. The number of aliphatic imine (C=N–C) groups is 1. The minimum atomic E-state index is -3.45. The molecule has 10 heteroatoms. The molecule has 0 amide bonds. The first-order valence-electron chi connectivity index (χ1n) is 9.87. The number of nitrogens with one attached hydrogen (secondary N) is 2. The summed E-state index contributed by atoms with van der Waals surface area (Å²) in [6, 6.07) is 10.0. The number of hydrogen-bond donors (Lipinski definition) is 2. The summed E-state index contributed by atoms with van der Waals surface area (Å²) >= 11 is 0. The number of sulfonamides is 1. The molecule has 2 aromatic rings. The molecule has 31 heavy (non-hydrogen) atoms. The first-order chi connectivity index (χ1) is 14.4. The Hall–Kier alpha value is -1.79. The van der Waals surface area contributed by atoms with Crippen molar-refractivity contribution >= 4 is 40.0 Å². The zero-order valence-corrected chi connectivity index (χ0v) is 20.4. The molecule has 1 heterocycles. The van der Waals surface area contributed by atoms with Crippen LogP contribution in [0, 0.1) is 11.6 Å². The topological polar surface area (TPSA) is 73.8 Å². The van der Waals surface area contributed by atoms with Gasteiger partial charge in [0.2, 0.25) is 10.0 Å². The second-order valence-corrected chi connectivity index (χ2v) is 9.06. The Kier molecular flexibility index (Phi) is 9.63. The summed E-state index contributed by atoms with van der Waals surface area (Å²) in [4.78, 5) is 4.35. The average molecular weight is 564 g/mol. The van der Waals surface area contributed by atoms with Gasteiger partial charge in [-0.1, -0.05) is 18.6 Å². The van der Waals surface area contributed by atoms with Crippen LogP contribution in [0.25, 0.3) is 0 Å². The Morgan fingerprint density at radius 1 is 1.00 bits per heavy atom. The molecule has 3 rings (SSSR count). The summed E-state index contributed by atoms with van der Waals surface area (Å²) in [7, 11) is -1.88. The minimum absolute atomic E-state index is 0. The van der Waals surface area contributed by atoms with E-state index in [2.05, 4.69) is 15.6 Å². The van der Waals surface area contributed by atoms with Crippen LogP contribution in [0.5, 0.6) is 0 Å². The van der Waals surface area contributed by atoms with E-state index in [1.165, 1.54) is 0 Å². The van der Waals surface area contributed by atoms with Gasteiger partial charge in [-0.2, -0.15) is 4.31 Å². The number of guanidine groups is 1. The van der Waals surface area contributed by atoms with Crippen LogP contribution in [0.1, 0.15) is 30.4 Å². The zero-order chi connectivity index (χ0) is 21.6. The third-order valence-corrected chi connectivity index (χ3v) is 6.93. The highest BCUT2D eigenvalue weighted by molar-refractivity contribution is 14.0. The van der Waals surface area contributed by atoms with Crippen LogP contribution in [0.3, 0.4) is 0 Å². The van der Waals surface area contributed by atoms with E-state index < -0.39 is 21.7 Å². The number of nitrogens with zero attached hydrogens (tertiary/aromatic N) is 2. The molecule has 0 bridgehead atoms. The van der Waals surface area contributed by atoms with Crippen molar-refractivity contribution in [3.63, 3.8) is 0 Å². The summed E-state index contributed by atoms with van der Waals surface area (Å²) in [5.41, 5.74) is 1.07. The number of hydrogen-bond acceptors (Lipinski definition) is 3. The van der Waals surface area contributed by atoms with E-state index >= 15 is 0 Å². The van der Waals surface area contributed by atoms with Crippen LogP contribution >= 0.6 is 24.0 Å². The number of halogens is 3. The molecule has 170 valence electrons. The third-order valence-electron chi connectivity index (χ3n) is 5.01. The molecular formula is C21H27F2IN4O2S. The van der Waals surface area contributed by atoms with Crippen LogP contribution in [0.2, 0.25) is 0 Å². The van der Waals surface area contributed by atoms with Crippen molar-refractivity contribution < 1.29 is 17.2 Å². The lowest BCUT2D eigenvalue weighted by Crippen LogP contribution is -2.36. The first-order valence-corrected chi connectivity index (χ1v) is 11.3. The number of piperidine rings is 1. The van der Waals surface area contributed by atoms with Gasteiger partial charge in [-0.25, -0.2) is 17.2 Å². The molecule has 0 spiro atoms. The Morgan fingerprint density at radius 3 is 2.29 bits per heavy atom. The number of rotatable bonds is 6. The molecule has 2 aromatic carbocycles. The zero-order valence-electron chi connectivity index (χ0n) is 17.3. The fourth-order valence-corrected chi connectivity index (χ4v) is 4.81. The van der Waals surface area contributed by atoms with Crippen molar-refractivity contribution in [2.45, 2.75) is 37.2 Å². The van der Waals surface area contributed by atoms with E-state index in [4.69, 9.17) is 0 Å². The number of benzene rings is 2. The molecule has 1 saturated heterocycles. The Morgan fingerprint density at radius 2 is 1.65 bits per heavy atom. The lowest BCUT2D eigenvalue weighted by atomic mass is 10.2. The lowest BCUT2D eigenvalue weighted by molar-refractivity contribution is 0.346. The van der Waals surface area contributed by atoms with E-state index in [-0.39, 0.29) is 41.0 Å². The summed E-state index contributed by atoms with van der Waals surface area (Å²) < 4.78 is 54.0. The van der Waals surface area contributed by atoms with Crippen molar-refractivity contribution in [1.29, 1.82) is 0 Å². The van der Waals surface area contributed by atoms with Crippen LogP contribution in [0.4, 0.5) is 8.78 Å². The van der Waals surface area contributed by atoms with Gasteiger partial charge in [0.05, 0.1) is 4.90 Å². The van der Waals surface area contributed by atoms with Gasteiger partial charge in [-0.05, 0) is 48.7 Å². The predicted molar refractivity (Wildman–Crippen MR) is 128 cm³/mol. The van der Waals surface area contributed by atoms with Gasteiger partial charge in [-0.15, -0.1) is 24.0 Å². The molecular weight excluding hydrogens is 537 g/mol. The van der Waals surface area contributed by atoms with Gasteiger partial charge < -0.3 is 10.6 Å². The average Bonchev–Trinajstić information content (AvgIpc) is 2.77. The Bertz CT molecular complexity index is 995. The van der Waals surface area contributed by atoms with Gasteiger partial charge in [-0.3, -0.25) is 4.99 Å². The van der Waals surface area contributed by atoms with Crippen molar-refractivity contribution in [2.75, 3.05) is 20.1 Å². The molecule has 0 radical (unpaired) electrons. The molecule has 1 aliphatic heterocycles. The monoisotopic (exact) mass is 564 g/mol. The third kappa shape index (κ3) is 6.84.